The minimum atomic E-state index is -3.81. The van der Waals surface area contributed by atoms with Gasteiger partial charge in [-0.05, 0) is 36.8 Å². The van der Waals surface area contributed by atoms with Crippen LogP contribution in [0.25, 0.3) is 0 Å². The fourth-order valence-electron chi connectivity index (χ4n) is 1.58. The van der Waals surface area contributed by atoms with E-state index in [-0.39, 0.29) is 21.4 Å². The van der Waals surface area contributed by atoms with Crippen LogP contribution in [0, 0.1) is 6.92 Å². The van der Waals surface area contributed by atoms with Crippen molar-refractivity contribution in [3.63, 3.8) is 0 Å². The molecule has 0 aromatic heterocycles. The molecule has 0 saturated heterocycles. The topological polar surface area (TPSA) is 63.6 Å². The number of carbonyl (C=O) groups excluding carboxylic acids is 1. The summed E-state index contributed by atoms with van der Waals surface area (Å²) in [5.41, 5.74) is 0.741. The van der Waals surface area contributed by atoms with Gasteiger partial charge in [-0.1, -0.05) is 29.8 Å². The lowest BCUT2D eigenvalue weighted by molar-refractivity contribution is -0.110. The fourth-order valence-corrected chi connectivity index (χ4v) is 2.97. The van der Waals surface area contributed by atoms with Crippen molar-refractivity contribution in [3.8, 4) is 0 Å². The molecule has 0 bridgehead atoms. The van der Waals surface area contributed by atoms with Crippen molar-refractivity contribution in [2.75, 3.05) is 0 Å². The standard InChI is InChI=1S/C13H10ClNO3S/c1-9-4-2-3-5-13(9)19(17,18)15-10-6-7-12(16)11(14)8-10/h2-8H,1H3/b15-10+. The van der Waals surface area contributed by atoms with Crippen molar-refractivity contribution in [2.24, 2.45) is 4.40 Å². The lowest BCUT2D eigenvalue weighted by Crippen LogP contribution is -2.07. The van der Waals surface area contributed by atoms with Crippen molar-refractivity contribution in [3.05, 3.63) is 53.1 Å². The van der Waals surface area contributed by atoms with Gasteiger partial charge in [-0.15, -0.1) is 0 Å². The molecule has 0 radical (unpaired) electrons. The number of allylic oxidation sites excluding steroid dienone is 4. The average molecular weight is 296 g/mol. The summed E-state index contributed by atoms with van der Waals surface area (Å²) in [4.78, 5) is 11.3. The van der Waals surface area contributed by atoms with Gasteiger partial charge in [0, 0.05) is 0 Å². The number of aryl methyl sites for hydroxylation is 1. The van der Waals surface area contributed by atoms with Crippen molar-refractivity contribution in [2.45, 2.75) is 11.8 Å². The summed E-state index contributed by atoms with van der Waals surface area (Å²) >= 11 is 5.65. The second-order valence-corrected chi connectivity index (χ2v) is 5.93. The van der Waals surface area contributed by atoms with Gasteiger partial charge in [-0.2, -0.15) is 12.8 Å². The molecule has 0 spiro atoms. The third-order valence-electron chi connectivity index (χ3n) is 2.51. The van der Waals surface area contributed by atoms with Crippen molar-refractivity contribution >= 4 is 33.1 Å². The molecule has 0 amide bonds. The third kappa shape index (κ3) is 3.00. The molecule has 4 nitrogen and oxygen atoms in total. The van der Waals surface area contributed by atoms with E-state index in [1.54, 1.807) is 25.1 Å². The molecule has 0 fully saturated rings. The molecule has 0 atom stereocenters. The molecule has 2 rings (SSSR count). The van der Waals surface area contributed by atoms with Crippen LogP contribution in [0.4, 0.5) is 0 Å². The number of carbonyl (C=O) groups is 1. The largest absolute Gasteiger partial charge is 0.288 e. The fraction of sp³-hybridized carbons (Fsp3) is 0.0769. The maximum absolute atomic E-state index is 12.1. The zero-order chi connectivity index (χ0) is 14.0. The number of benzene rings is 1. The van der Waals surface area contributed by atoms with Crippen LogP contribution in [0.5, 0.6) is 0 Å². The summed E-state index contributed by atoms with van der Waals surface area (Å²) in [6.07, 6.45) is 3.75. The van der Waals surface area contributed by atoms with Gasteiger partial charge in [0.15, 0.2) is 5.78 Å². The smallest absolute Gasteiger partial charge is 0.283 e. The molecule has 6 heteroatoms. The molecular formula is C13H10ClNO3S. The van der Waals surface area contributed by atoms with E-state index >= 15 is 0 Å². The van der Waals surface area contributed by atoms with E-state index in [2.05, 4.69) is 4.40 Å². The monoisotopic (exact) mass is 295 g/mol. The van der Waals surface area contributed by atoms with E-state index in [4.69, 9.17) is 11.6 Å². The number of hydrogen-bond donors (Lipinski definition) is 0. The first kappa shape index (κ1) is 13.7. The summed E-state index contributed by atoms with van der Waals surface area (Å²) in [6.45, 7) is 1.69. The minimum Gasteiger partial charge on any atom is -0.288 e. The normalized spacial score (nSPS) is 17.7. The number of nitrogens with zero attached hydrogens (tertiary/aromatic N) is 1. The summed E-state index contributed by atoms with van der Waals surface area (Å²) in [5.74, 6) is -0.367. The molecule has 0 heterocycles. The van der Waals surface area contributed by atoms with Crippen LogP contribution in [-0.4, -0.2) is 19.9 Å². The van der Waals surface area contributed by atoms with Gasteiger partial charge in [0.2, 0.25) is 0 Å². The first-order chi connectivity index (χ1) is 8.90. The Kier molecular flexibility index (Phi) is 3.68. The lowest BCUT2D eigenvalue weighted by Gasteiger charge is -2.05. The number of rotatable bonds is 2. The van der Waals surface area contributed by atoms with Crippen molar-refractivity contribution < 1.29 is 13.2 Å². The Morgan fingerprint density at radius 3 is 2.47 bits per heavy atom. The summed E-state index contributed by atoms with van der Waals surface area (Å²) in [5, 5.41) is -0.0544. The predicted molar refractivity (Wildman–Crippen MR) is 73.9 cm³/mol. The molecular weight excluding hydrogens is 286 g/mol. The van der Waals surface area contributed by atoms with Gasteiger partial charge in [0.1, 0.15) is 0 Å². The molecule has 1 aromatic carbocycles. The molecule has 0 aliphatic heterocycles. The second-order valence-electron chi connectivity index (χ2n) is 3.95. The maximum atomic E-state index is 12.1. The highest BCUT2D eigenvalue weighted by atomic mass is 35.5. The molecule has 98 valence electrons. The van der Waals surface area contributed by atoms with Gasteiger partial charge in [-0.3, -0.25) is 4.79 Å². The van der Waals surface area contributed by atoms with Crippen LogP contribution in [0.3, 0.4) is 0 Å². The van der Waals surface area contributed by atoms with Crippen molar-refractivity contribution in [1.29, 1.82) is 0 Å². The quantitative estimate of drug-likeness (QED) is 0.787. The van der Waals surface area contributed by atoms with Crippen LogP contribution in [0.15, 0.2) is 56.8 Å². The second kappa shape index (κ2) is 5.11. The molecule has 19 heavy (non-hydrogen) atoms. The lowest BCUT2D eigenvalue weighted by atomic mass is 10.2. The van der Waals surface area contributed by atoms with Gasteiger partial charge in [-0.25, -0.2) is 0 Å². The average Bonchev–Trinajstić information content (AvgIpc) is 2.34. The van der Waals surface area contributed by atoms with E-state index in [1.807, 2.05) is 0 Å². The molecule has 1 aliphatic rings. The number of halogens is 1. The van der Waals surface area contributed by atoms with Gasteiger partial charge in [0.05, 0.1) is 15.6 Å². The van der Waals surface area contributed by atoms with E-state index in [9.17, 15) is 13.2 Å². The summed E-state index contributed by atoms with van der Waals surface area (Å²) in [7, 11) is -3.81. The Morgan fingerprint density at radius 2 is 1.84 bits per heavy atom. The van der Waals surface area contributed by atoms with Crippen molar-refractivity contribution in [1.82, 2.24) is 0 Å². The molecule has 0 unspecified atom stereocenters. The molecule has 1 aromatic rings. The first-order valence-corrected chi connectivity index (χ1v) is 7.22. The molecule has 0 saturated carbocycles. The summed E-state index contributed by atoms with van der Waals surface area (Å²) < 4.78 is 27.9. The van der Waals surface area contributed by atoms with Crippen LogP contribution >= 0.6 is 11.6 Å². The third-order valence-corrected chi connectivity index (χ3v) is 4.27. The van der Waals surface area contributed by atoms with E-state index in [0.29, 0.717) is 5.56 Å². The van der Waals surface area contributed by atoms with Crippen LogP contribution in [0.1, 0.15) is 5.56 Å². The Bertz CT molecular complexity index is 730. The molecule has 1 aliphatic carbocycles. The highest BCUT2D eigenvalue weighted by Gasteiger charge is 2.17. The van der Waals surface area contributed by atoms with E-state index in [1.165, 1.54) is 24.3 Å². The minimum absolute atomic E-state index is 0.0544. The Balaban J connectivity index is 2.46. The highest BCUT2D eigenvalue weighted by Crippen LogP contribution is 2.18. The van der Waals surface area contributed by atoms with E-state index in [0.717, 1.165) is 0 Å². The predicted octanol–water partition coefficient (Wildman–Crippen LogP) is 2.39. The molecule has 0 N–H and O–H groups in total. The van der Waals surface area contributed by atoms with Gasteiger partial charge in [0.25, 0.3) is 10.0 Å². The van der Waals surface area contributed by atoms with Gasteiger partial charge >= 0.3 is 0 Å². The Morgan fingerprint density at radius 1 is 1.16 bits per heavy atom. The van der Waals surface area contributed by atoms with Crippen LogP contribution < -0.4 is 0 Å². The highest BCUT2D eigenvalue weighted by molar-refractivity contribution is 7.90. The Hall–Kier alpha value is -1.72. The first-order valence-electron chi connectivity index (χ1n) is 5.40. The van der Waals surface area contributed by atoms with Crippen LogP contribution in [0.2, 0.25) is 0 Å². The van der Waals surface area contributed by atoms with Gasteiger partial charge < -0.3 is 0 Å². The number of sulfonamides is 1. The zero-order valence-corrected chi connectivity index (χ0v) is 11.6. The SMILES string of the molecule is Cc1ccccc1S(=O)(=O)/N=C1\C=CC(=O)C(Cl)=C1. The Labute approximate surface area is 116 Å². The van der Waals surface area contributed by atoms with E-state index < -0.39 is 10.0 Å². The zero-order valence-electron chi connectivity index (χ0n) is 10.00. The maximum Gasteiger partial charge on any atom is 0.283 e. The number of hydrogen-bond acceptors (Lipinski definition) is 3. The summed E-state index contributed by atoms with van der Waals surface area (Å²) in [6, 6.07) is 6.55. The van der Waals surface area contributed by atoms with Crippen LogP contribution in [-0.2, 0) is 14.8 Å². The number of ketones is 1.